The third-order valence-electron chi connectivity index (χ3n) is 4.00. The number of hydrogen-bond acceptors (Lipinski definition) is 4. The highest BCUT2D eigenvalue weighted by molar-refractivity contribution is 7.10. The van der Waals surface area contributed by atoms with Gasteiger partial charge in [0.2, 0.25) is 5.72 Å². The van der Waals surface area contributed by atoms with E-state index in [0.717, 1.165) is 11.3 Å². The molecule has 1 saturated heterocycles. The third kappa shape index (κ3) is 3.00. The van der Waals surface area contributed by atoms with Gasteiger partial charge in [-0.05, 0) is 11.4 Å². The van der Waals surface area contributed by atoms with Gasteiger partial charge in [0.15, 0.2) is 5.78 Å². The second kappa shape index (κ2) is 6.16. The first-order chi connectivity index (χ1) is 11.7. The maximum atomic E-state index is 13.6. The van der Waals surface area contributed by atoms with Crippen LogP contribution in [0.1, 0.15) is 21.3 Å². The van der Waals surface area contributed by atoms with E-state index in [1.54, 1.807) is 17.5 Å². The summed E-state index contributed by atoms with van der Waals surface area (Å²) in [7, 11) is 0. The van der Waals surface area contributed by atoms with Crippen molar-refractivity contribution in [1.29, 1.82) is 0 Å². The van der Waals surface area contributed by atoms with E-state index in [0.29, 0.717) is 4.88 Å². The highest BCUT2D eigenvalue weighted by atomic mass is 32.1. The van der Waals surface area contributed by atoms with Crippen LogP contribution in [-0.4, -0.2) is 28.8 Å². The monoisotopic (exact) mass is 370 g/mol. The minimum atomic E-state index is -5.24. The van der Waals surface area contributed by atoms with Gasteiger partial charge >= 0.3 is 12.2 Å². The van der Waals surface area contributed by atoms with E-state index in [-0.39, 0.29) is 5.56 Å². The van der Waals surface area contributed by atoms with Gasteiger partial charge in [-0.3, -0.25) is 4.79 Å². The summed E-state index contributed by atoms with van der Waals surface area (Å²) in [6, 6.07) is 7.94. The number of urea groups is 1. The molecule has 1 fully saturated rings. The Bertz CT molecular complexity index is 780. The number of benzene rings is 1. The highest BCUT2D eigenvalue weighted by Crippen LogP contribution is 2.44. The molecule has 3 atom stereocenters. The van der Waals surface area contributed by atoms with Gasteiger partial charge in [-0.2, -0.15) is 13.2 Å². The van der Waals surface area contributed by atoms with Crippen molar-refractivity contribution >= 4 is 23.2 Å². The lowest BCUT2D eigenvalue weighted by Crippen LogP contribution is -2.72. The summed E-state index contributed by atoms with van der Waals surface area (Å²) in [6.45, 7) is 0. The van der Waals surface area contributed by atoms with E-state index >= 15 is 0 Å². The van der Waals surface area contributed by atoms with Crippen LogP contribution >= 0.6 is 11.3 Å². The fraction of sp³-hybridized carbons (Fsp3) is 0.250. The Morgan fingerprint density at radius 3 is 2.40 bits per heavy atom. The van der Waals surface area contributed by atoms with E-state index in [4.69, 9.17) is 0 Å². The van der Waals surface area contributed by atoms with Crippen LogP contribution in [0.3, 0.4) is 0 Å². The van der Waals surface area contributed by atoms with Crippen LogP contribution in [0.2, 0.25) is 0 Å². The summed E-state index contributed by atoms with van der Waals surface area (Å²) in [5, 5.41) is 15.8. The van der Waals surface area contributed by atoms with E-state index in [1.807, 2.05) is 0 Å². The predicted molar refractivity (Wildman–Crippen MR) is 84.0 cm³/mol. The molecule has 9 heteroatoms. The number of carbonyl (C=O) groups excluding carboxylic acids is 2. The lowest BCUT2D eigenvalue weighted by molar-refractivity contribution is -0.287. The van der Waals surface area contributed by atoms with Crippen LogP contribution in [0, 0.1) is 5.92 Å². The van der Waals surface area contributed by atoms with E-state index in [9.17, 15) is 27.9 Å². The maximum Gasteiger partial charge on any atom is 0.437 e. The minimum absolute atomic E-state index is 0.00896. The zero-order valence-electron chi connectivity index (χ0n) is 12.6. The smallest absolute Gasteiger partial charge is 0.363 e. The molecule has 1 aliphatic heterocycles. The van der Waals surface area contributed by atoms with Crippen LogP contribution in [-0.2, 0) is 0 Å². The zero-order chi connectivity index (χ0) is 18.2. The minimum Gasteiger partial charge on any atom is -0.363 e. The van der Waals surface area contributed by atoms with Crippen LogP contribution in [0.4, 0.5) is 18.0 Å². The van der Waals surface area contributed by atoms with Gasteiger partial charge in [0, 0.05) is 10.4 Å². The molecule has 2 amide bonds. The first-order valence-corrected chi connectivity index (χ1v) is 8.12. The molecule has 2 aromatic rings. The summed E-state index contributed by atoms with van der Waals surface area (Å²) < 4.78 is 40.8. The molecule has 25 heavy (non-hydrogen) atoms. The van der Waals surface area contributed by atoms with Crippen molar-refractivity contribution in [3.8, 4) is 0 Å². The quantitative estimate of drug-likeness (QED) is 0.727. The molecular formula is C16H13F3N2O3S. The number of alkyl halides is 3. The fourth-order valence-electron chi connectivity index (χ4n) is 2.83. The zero-order valence-corrected chi connectivity index (χ0v) is 13.4. The molecule has 0 aliphatic carbocycles. The molecule has 0 bridgehead atoms. The molecule has 0 spiro atoms. The normalized spacial score (nSPS) is 26.6. The van der Waals surface area contributed by atoms with E-state index < -0.39 is 35.7 Å². The number of hydrogen-bond donors (Lipinski definition) is 3. The Balaban J connectivity index is 2.14. The molecule has 0 radical (unpaired) electrons. The van der Waals surface area contributed by atoms with Crippen molar-refractivity contribution in [2.45, 2.75) is 17.9 Å². The Labute approximate surface area is 144 Å². The van der Waals surface area contributed by atoms with Crippen LogP contribution < -0.4 is 10.6 Å². The van der Waals surface area contributed by atoms with Crippen LogP contribution in [0.15, 0.2) is 47.8 Å². The van der Waals surface area contributed by atoms with Gasteiger partial charge in [0.25, 0.3) is 0 Å². The number of ketones is 1. The number of amides is 2. The molecule has 1 aromatic carbocycles. The molecule has 1 aliphatic rings. The number of Topliss-reactive ketones (excluding diaryl/α,β-unsaturated/α-hetero) is 1. The fourth-order valence-corrected chi connectivity index (χ4v) is 3.64. The van der Waals surface area contributed by atoms with Crippen molar-refractivity contribution in [2.24, 2.45) is 5.92 Å². The summed E-state index contributed by atoms with van der Waals surface area (Å²) >= 11 is 1.09. The Morgan fingerprint density at radius 1 is 1.16 bits per heavy atom. The lowest BCUT2D eigenvalue weighted by atomic mass is 9.79. The number of rotatable bonds is 3. The largest absolute Gasteiger partial charge is 0.437 e. The first kappa shape index (κ1) is 17.4. The second-order valence-corrected chi connectivity index (χ2v) is 6.54. The van der Waals surface area contributed by atoms with Crippen molar-refractivity contribution in [3.05, 3.63) is 58.3 Å². The second-order valence-electron chi connectivity index (χ2n) is 5.56. The SMILES string of the molecule is O=C1N[C@@H](c2cccs2)[C@H](C(=O)c2ccccc2)[C@](O)(C(F)(F)F)N1. The average molecular weight is 370 g/mol. The summed E-state index contributed by atoms with van der Waals surface area (Å²) in [5.74, 6) is -2.91. The summed E-state index contributed by atoms with van der Waals surface area (Å²) in [6.07, 6.45) is -5.24. The molecular weight excluding hydrogens is 357 g/mol. The Kier molecular flexibility index (Phi) is 4.29. The molecule has 0 saturated carbocycles. The van der Waals surface area contributed by atoms with Gasteiger partial charge in [-0.25, -0.2) is 4.79 Å². The van der Waals surface area contributed by atoms with Crippen LogP contribution in [0.5, 0.6) is 0 Å². The topological polar surface area (TPSA) is 78.4 Å². The van der Waals surface area contributed by atoms with E-state index in [2.05, 4.69) is 5.32 Å². The molecule has 3 N–H and O–H groups in total. The van der Waals surface area contributed by atoms with Crippen LogP contribution in [0.25, 0.3) is 0 Å². The third-order valence-corrected chi connectivity index (χ3v) is 4.95. The Hall–Kier alpha value is -2.39. The molecule has 132 valence electrons. The molecule has 1 aromatic heterocycles. The lowest BCUT2D eigenvalue weighted by Gasteiger charge is -2.44. The van der Waals surface area contributed by atoms with Gasteiger partial charge in [0.05, 0.1) is 6.04 Å². The van der Waals surface area contributed by atoms with Gasteiger partial charge in [-0.1, -0.05) is 36.4 Å². The summed E-state index contributed by atoms with van der Waals surface area (Å²) in [5.41, 5.74) is -3.67. The van der Waals surface area contributed by atoms with Gasteiger partial charge in [0.1, 0.15) is 5.92 Å². The average Bonchev–Trinajstić information content (AvgIpc) is 3.08. The number of nitrogens with one attached hydrogen (secondary N) is 2. The predicted octanol–water partition coefficient (Wildman–Crippen LogP) is 2.85. The molecule has 2 heterocycles. The Morgan fingerprint density at radius 2 is 1.84 bits per heavy atom. The number of thiophene rings is 1. The van der Waals surface area contributed by atoms with Crippen molar-refractivity contribution in [2.75, 3.05) is 0 Å². The molecule has 0 unspecified atom stereocenters. The van der Waals surface area contributed by atoms with E-state index in [1.165, 1.54) is 35.6 Å². The maximum absolute atomic E-state index is 13.6. The number of halogens is 3. The molecule has 3 rings (SSSR count). The first-order valence-electron chi connectivity index (χ1n) is 7.24. The van der Waals surface area contributed by atoms with Crippen molar-refractivity contribution < 1.29 is 27.9 Å². The number of aliphatic hydroxyl groups is 1. The number of carbonyl (C=O) groups is 2. The van der Waals surface area contributed by atoms with Gasteiger partial charge < -0.3 is 15.7 Å². The van der Waals surface area contributed by atoms with Crippen molar-refractivity contribution in [3.63, 3.8) is 0 Å². The van der Waals surface area contributed by atoms with Crippen molar-refractivity contribution in [1.82, 2.24) is 10.6 Å². The molecule has 5 nitrogen and oxygen atoms in total. The standard InChI is InChI=1S/C16H13F3N2O3S/c17-16(18,19)15(24)11(13(22)9-5-2-1-3-6-9)12(20-14(23)21-15)10-7-4-8-25-10/h1-8,11-12,24H,(H2,20,21,23)/t11-,12+,15+/m1/s1. The summed E-state index contributed by atoms with van der Waals surface area (Å²) in [4.78, 5) is 24.9. The van der Waals surface area contributed by atoms with Gasteiger partial charge in [-0.15, -0.1) is 11.3 Å². The highest BCUT2D eigenvalue weighted by Gasteiger charge is 2.66.